The number of aryl methyl sites for hydroxylation is 1. The fourth-order valence-corrected chi connectivity index (χ4v) is 2.95. The molecule has 1 aliphatic heterocycles. The number of hydrogen-bond acceptors (Lipinski definition) is 2. The van der Waals surface area contributed by atoms with Gasteiger partial charge in [-0.3, -0.25) is 0 Å². The van der Waals surface area contributed by atoms with Crippen LogP contribution in [-0.2, 0) is 0 Å². The van der Waals surface area contributed by atoms with Gasteiger partial charge >= 0.3 is 0 Å². The summed E-state index contributed by atoms with van der Waals surface area (Å²) in [6.45, 7) is 4.27. The first-order valence-corrected chi connectivity index (χ1v) is 7.34. The Labute approximate surface area is 120 Å². The molecule has 0 aliphatic carbocycles. The molecule has 0 spiro atoms. The molecule has 3 rings (SSSR count). The average Bonchev–Trinajstić information content (AvgIpc) is 3.01. The van der Waals surface area contributed by atoms with Gasteiger partial charge in [-0.25, -0.2) is 0 Å². The van der Waals surface area contributed by atoms with Gasteiger partial charge in [0.1, 0.15) is 6.10 Å². The first-order valence-electron chi connectivity index (χ1n) is 7.34. The Hall–Kier alpha value is -1.80. The van der Waals surface area contributed by atoms with Gasteiger partial charge in [-0.1, -0.05) is 48.0 Å². The summed E-state index contributed by atoms with van der Waals surface area (Å²) in [4.78, 5) is 2.39. The fourth-order valence-electron chi connectivity index (χ4n) is 2.95. The third-order valence-electron chi connectivity index (χ3n) is 4.04. The minimum absolute atomic E-state index is 0.549. The molecule has 2 aromatic carbocycles. The van der Waals surface area contributed by atoms with Crippen molar-refractivity contribution >= 4 is 5.69 Å². The number of hydrogen-bond donors (Lipinski definition) is 1. The lowest BCUT2D eigenvalue weighted by atomic mass is 9.97. The molecule has 20 heavy (non-hydrogen) atoms. The van der Waals surface area contributed by atoms with Gasteiger partial charge in [0.15, 0.2) is 0 Å². The van der Waals surface area contributed by atoms with Crippen molar-refractivity contribution < 1.29 is 5.11 Å². The number of nitrogens with zero attached hydrogens (tertiary/aromatic N) is 1. The van der Waals surface area contributed by atoms with Crippen LogP contribution in [-0.4, -0.2) is 18.2 Å². The number of aliphatic hydroxyl groups excluding tert-OH is 1. The minimum atomic E-state index is -0.549. The van der Waals surface area contributed by atoms with Gasteiger partial charge in [0.25, 0.3) is 0 Å². The molecule has 2 aromatic rings. The normalized spacial score (nSPS) is 16.4. The van der Waals surface area contributed by atoms with Crippen LogP contribution in [0.15, 0.2) is 48.5 Å². The van der Waals surface area contributed by atoms with E-state index in [1.165, 1.54) is 24.1 Å². The van der Waals surface area contributed by atoms with E-state index in [9.17, 15) is 5.11 Å². The smallest absolute Gasteiger partial charge is 0.106 e. The Morgan fingerprint density at radius 1 is 1.00 bits per heavy atom. The molecule has 0 aromatic heterocycles. The second kappa shape index (κ2) is 5.68. The third kappa shape index (κ3) is 2.56. The molecule has 0 bridgehead atoms. The molecule has 1 saturated heterocycles. The molecule has 1 aliphatic rings. The van der Waals surface area contributed by atoms with E-state index in [-0.39, 0.29) is 0 Å². The lowest BCUT2D eigenvalue weighted by Gasteiger charge is -2.24. The van der Waals surface area contributed by atoms with Crippen LogP contribution in [0.25, 0.3) is 0 Å². The van der Waals surface area contributed by atoms with Crippen molar-refractivity contribution in [2.45, 2.75) is 25.9 Å². The summed E-state index contributed by atoms with van der Waals surface area (Å²) in [5.74, 6) is 0. The van der Waals surface area contributed by atoms with E-state index in [0.29, 0.717) is 0 Å². The Kier molecular flexibility index (Phi) is 3.75. The highest BCUT2D eigenvalue weighted by Gasteiger charge is 2.20. The molecular formula is C18H21NO. The van der Waals surface area contributed by atoms with Gasteiger partial charge in [-0.2, -0.15) is 0 Å². The summed E-state index contributed by atoms with van der Waals surface area (Å²) in [5, 5.41) is 10.7. The lowest BCUT2D eigenvalue weighted by molar-refractivity contribution is 0.220. The van der Waals surface area contributed by atoms with Crippen LogP contribution in [0.5, 0.6) is 0 Å². The summed E-state index contributed by atoms with van der Waals surface area (Å²) < 4.78 is 0. The Morgan fingerprint density at radius 3 is 2.40 bits per heavy atom. The highest BCUT2D eigenvalue weighted by atomic mass is 16.3. The van der Waals surface area contributed by atoms with E-state index in [1.807, 2.05) is 30.3 Å². The molecular weight excluding hydrogens is 246 g/mol. The Bertz CT molecular complexity index is 573. The maximum absolute atomic E-state index is 10.7. The SMILES string of the molecule is Cc1ccc(N2CCCC2)c(C(O)c2ccccc2)c1. The number of benzene rings is 2. The summed E-state index contributed by atoms with van der Waals surface area (Å²) in [5.41, 5.74) is 4.36. The summed E-state index contributed by atoms with van der Waals surface area (Å²) in [7, 11) is 0. The lowest BCUT2D eigenvalue weighted by Crippen LogP contribution is -2.20. The highest BCUT2D eigenvalue weighted by Crippen LogP contribution is 2.33. The van der Waals surface area contributed by atoms with E-state index in [0.717, 1.165) is 24.2 Å². The van der Waals surface area contributed by atoms with Crippen LogP contribution in [0, 0.1) is 6.92 Å². The number of aliphatic hydroxyl groups is 1. The van der Waals surface area contributed by atoms with Crippen molar-refractivity contribution in [1.29, 1.82) is 0 Å². The zero-order valence-electron chi connectivity index (χ0n) is 11.9. The molecule has 1 unspecified atom stereocenters. The van der Waals surface area contributed by atoms with E-state index >= 15 is 0 Å². The highest BCUT2D eigenvalue weighted by molar-refractivity contribution is 5.58. The molecule has 2 heteroatoms. The van der Waals surface area contributed by atoms with E-state index in [2.05, 4.69) is 30.0 Å². The Morgan fingerprint density at radius 2 is 1.70 bits per heavy atom. The van der Waals surface area contributed by atoms with Crippen molar-refractivity contribution in [2.24, 2.45) is 0 Å². The van der Waals surface area contributed by atoms with Crippen molar-refractivity contribution in [2.75, 3.05) is 18.0 Å². The topological polar surface area (TPSA) is 23.5 Å². The molecule has 2 nitrogen and oxygen atoms in total. The molecule has 1 atom stereocenters. The third-order valence-corrected chi connectivity index (χ3v) is 4.04. The second-order valence-electron chi connectivity index (χ2n) is 5.57. The molecule has 0 amide bonds. The first kappa shape index (κ1) is 13.2. The minimum Gasteiger partial charge on any atom is -0.384 e. The first-order chi connectivity index (χ1) is 9.75. The number of rotatable bonds is 3. The van der Waals surface area contributed by atoms with Crippen molar-refractivity contribution in [1.82, 2.24) is 0 Å². The van der Waals surface area contributed by atoms with Crippen LogP contribution in [0.3, 0.4) is 0 Å². The molecule has 1 N–H and O–H groups in total. The molecule has 0 radical (unpaired) electrons. The summed E-state index contributed by atoms with van der Waals surface area (Å²) in [6.07, 6.45) is 1.94. The van der Waals surface area contributed by atoms with Crippen LogP contribution < -0.4 is 4.90 Å². The molecule has 104 valence electrons. The fraction of sp³-hybridized carbons (Fsp3) is 0.333. The van der Waals surface area contributed by atoms with Crippen LogP contribution in [0.2, 0.25) is 0 Å². The van der Waals surface area contributed by atoms with Crippen molar-refractivity contribution in [3.05, 3.63) is 65.2 Å². The average molecular weight is 267 g/mol. The number of anilines is 1. The van der Waals surface area contributed by atoms with E-state index < -0.39 is 6.10 Å². The van der Waals surface area contributed by atoms with Gasteiger partial charge in [0.2, 0.25) is 0 Å². The second-order valence-corrected chi connectivity index (χ2v) is 5.57. The van der Waals surface area contributed by atoms with Crippen molar-refractivity contribution in [3.63, 3.8) is 0 Å². The van der Waals surface area contributed by atoms with Gasteiger partial charge in [-0.05, 0) is 31.4 Å². The van der Waals surface area contributed by atoms with Gasteiger partial charge in [-0.15, -0.1) is 0 Å². The zero-order valence-corrected chi connectivity index (χ0v) is 11.9. The van der Waals surface area contributed by atoms with Gasteiger partial charge < -0.3 is 10.0 Å². The quantitative estimate of drug-likeness (QED) is 0.917. The zero-order chi connectivity index (χ0) is 13.9. The van der Waals surface area contributed by atoms with Crippen LogP contribution >= 0.6 is 0 Å². The van der Waals surface area contributed by atoms with E-state index in [1.54, 1.807) is 0 Å². The van der Waals surface area contributed by atoms with Crippen molar-refractivity contribution in [3.8, 4) is 0 Å². The standard InChI is InChI=1S/C18H21NO/c1-14-9-10-17(19-11-5-6-12-19)16(13-14)18(20)15-7-3-2-4-8-15/h2-4,7-10,13,18,20H,5-6,11-12H2,1H3. The maximum atomic E-state index is 10.7. The monoisotopic (exact) mass is 267 g/mol. The van der Waals surface area contributed by atoms with Gasteiger partial charge in [0, 0.05) is 24.3 Å². The molecule has 1 heterocycles. The predicted molar refractivity (Wildman–Crippen MR) is 83.1 cm³/mol. The van der Waals surface area contributed by atoms with E-state index in [4.69, 9.17) is 0 Å². The maximum Gasteiger partial charge on any atom is 0.106 e. The summed E-state index contributed by atoms with van der Waals surface area (Å²) in [6, 6.07) is 16.3. The van der Waals surface area contributed by atoms with Crippen LogP contribution in [0.1, 0.15) is 35.6 Å². The molecule has 0 saturated carbocycles. The van der Waals surface area contributed by atoms with Crippen LogP contribution in [0.4, 0.5) is 5.69 Å². The Balaban J connectivity index is 2.00. The molecule has 1 fully saturated rings. The largest absolute Gasteiger partial charge is 0.384 e. The predicted octanol–water partition coefficient (Wildman–Crippen LogP) is 3.68. The summed E-state index contributed by atoms with van der Waals surface area (Å²) >= 11 is 0. The van der Waals surface area contributed by atoms with Gasteiger partial charge in [0.05, 0.1) is 0 Å².